The van der Waals surface area contributed by atoms with Crippen LogP contribution in [0, 0.1) is 5.92 Å². The van der Waals surface area contributed by atoms with E-state index in [-0.39, 0.29) is 0 Å². The molecule has 1 fully saturated rings. The number of anilines is 2. The fourth-order valence-corrected chi connectivity index (χ4v) is 1.95. The maximum atomic E-state index is 5.55. The van der Waals surface area contributed by atoms with Crippen molar-refractivity contribution in [1.29, 1.82) is 0 Å². The third kappa shape index (κ3) is 2.36. The lowest BCUT2D eigenvalue weighted by Gasteiger charge is -2.17. The van der Waals surface area contributed by atoms with E-state index in [1.54, 1.807) is 13.3 Å². The first-order valence-electron chi connectivity index (χ1n) is 5.12. The molecule has 5 heteroatoms. The molecule has 1 aromatic heterocycles. The van der Waals surface area contributed by atoms with E-state index in [4.69, 9.17) is 10.5 Å². The van der Waals surface area contributed by atoms with Gasteiger partial charge in [-0.1, -0.05) is 0 Å². The van der Waals surface area contributed by atoms with Crippen molar-refractivity contribution in [2.75, 3.05) is 37.4 Å². The molecule has 1 aliphatic rings. The first-order valence-corrected chi connectivity index (χ1v) is 5.12. The summed E-state index contributed by atoms with van der Waals surface area (Å²) >= 11 is 0. The van der Waals surface area contributed by atoms with Gasteiger partial charge in [0, 0.05) is 32.3 Å². The Morgan fingerprint density at radius 1 is 1.67 bits per heavy atom. The van der Waals surface area contributed by atoms with Crippen molar-refractivity contribution in [2.45, 2.75) is 6.42 Å². The van der Waals surface area contributed by atoms with E-state index in [1.165, 1.54) is 0 Å². The fourth-order valence-electron chi connectivity index (χ4n) is 1.95. The summed E-state index contributed by atoms with van der Waals surface area (Å²) < 4.78 is 5.15. The van der Waals surface area contributed by atoms with Crippen molar-refractivity contribution in [3.05, 3.63) is 12.3 Å². The molecule has 0 bridgehead atoms. The van der Waals surface area contributed by atoms with E-state index in [0.717, 1.165) is 31.9 Å². The summed E-state index contributed by atoms with van der Waals surface area (Å²) in [5.41, 5.74) is 5.55. The number of hydrogen-bond donors (Lipinski definition) is 1. The lowest BCUT2D eigenvalue weighted by atomic mass is 10.1. The van der Waals surface area contributed by atoms with Gasteiger partial charge in [0.05, 0.1) is 6.61 Å². The number of aromatic nitrogens is 2. The zero-order chi connectivity index (χ0) is 10.7. The maximum Gasteiger partial charge on any atom is 0.221 e. The summed E-state index contributed by atoms with van der Waals surface area (Å²) in [5, 5.41) is 0. The summed E-state index contributed by atoms with van der Waals surface area (Å²) in [6, 6.07) is 1.89. The first-order chi connectivity index (χ1) is 7.29. The highest BCUT2D eigenvalue weighted by Crippen LogP contribution is 2.22. The molecule has 2 heterocycles. The van der Waals surface area contributed by atoms with Gasteiger partial charge in [-0.15, -0.1) is 0 Å². The van der Waals surface area contributed by atoms with Crippen molar-refractivity contribution in [3.8, 4) is 0 Å². The molecular weight excluding hydrogens is 192 g/mol. The normalized spacial score (nSPS) is 20.9. The molecule has 0 spiro atoms. The number of nitrogens with zero attached hydrogens (tertiary/aromatic N) is 3. The number of nitrogens with two attached hydrogens (primary N) is 1. The lowest BCUT2D eigenvalue weighted by molar-refractivity contribution is 0.161. The largest absolute Gasteiger partial charge is 0.384 e. The van der Waals surface area contributed by atoms with Gasteiger partial charge in [0.1, 0.15) is 5.82 Å². The SMILES string of the molecule is COCC1CCN(c2ccnc(N)n2)C1. The molecule has 0 radical (unpaired) electrons. The van der Waals surface area contributed by atoms with Crippen molar-refractivity contribution in [2.24, 2.45) is 5.92 Å². The molecule has 1 aliphatic heterocycles. The van der Waals surface area contributed by atoms with E-state index < -0.39 is 0 Å². The molecule has 15 heavy (non-hydrogen) atoms. The second-order valence-electron chi connectivity index (χ2n) is 3.83. The van der Waals surface area contributed by atoms with Gasteiger partial charge in [-0.05, 0) is 12.5 Å². The first kappa shape index (κ1) is 10.2. The molecule has 5 nitrogen and oxygen atoms in total. The van der Waals surface area contributed by atoms with Crippen LogP contribution in [-0.2, 0) is 4.74 Å². The second-order valence-corrected chi connectivity index (χ2v) is 3.83. The molecule has 1 saturated heterocycles. The average Bonchev–Trinajstić information content (AvgIpc) is 2.67. The van der Waals surface area contributed by atoms with Crippen molar-refractivity contribution >= 4 is 11.8 Å². The highest BCUT2D eigenvalue weighted by Gasteiger charge is 2.23. The average molecular weight is 208 g/mol. The molecule has 0 saturated carbocycles. The Labute approximate surface area is 89.3 Å². The Kier molecular flexibility index (Phi) is 3.01. The molecule has 82 valence electrons. The summed E-state index contributed by atoms with van der Waals surface area (Å²) in [6.45, 7) is 2.83. The summed E-state index contributed by atoms with van der Waals surface area (Å²) in [4.78, 5) is 10.3. The minimum absolute atomic E-state index is 0.336. The summed E-state index contributed by atoms with van der Waals surface area (Å²) in [6.07, 6.45) is 2.85. The molecule has 1 aromatic rings. The Morgan fingerprint density at radius 2 is 2.53 bits per heavy atom. The summed E-state index contributed by atoms with van der Waals surface area (Å²) in [7, 11) is 1.74. The van der Waals surface area contributed by atoms with Gasteiger partial charge in [-0.3, -0.25) is 0 Å². The standard InChI is InChI=1S/C10H16N4O/c1-15-7-8-3-5-14(6-8)9-2-4-12-10(11)13-9/h2,4,8H,3,5-7H2,1H3,(H2,11,12,13). The molecule has 1 atom stereocenters. The van der Waals surface area contributed by atoms with Gasteiger partial charge in [0.15, 0.2) is 0 Å². The third-order valence-electron chi connectivity index (χ3n) is 2.67. The Hall–Kier alpha value is -1.36. The zero-order valence-electron chi connectivity index (χ0n) is 8.89. The minimum atomic E-state index is 0.336. The predicted octanol–water partition coefficient (Wildman–Crippen LogP) is 0.531. The van der Waals surface area contributed by atoms with Gasteiger partial charge >= 0.3 is 0 Å². The molecule has 2 N–H and O–H groups in total. The van der Waals surface area contributed by atoms with E-state index >= 15 is 0 Å². The van der Waals surface area contributed by atoms with Crippen LogP contribution in [0.2, 0.25) is 0 Å². The highest BCUT2D eigenvalue weighted by molar-refractivity contribution is 5.41. The molecule has 0 aromatic carbocycles. The van der Waals surface area contributed by atoms with Crippen LogP contribution in [0.1, 0.15) is 6.42 Å². The van der Waals surface area contributed by atoms with Crippen LogP contribution in [0.3, 0.4) is 0 Å². The topological polar surface area (TPSA) is 64.3 Å². The Balaban J connectivity index is 2.01. The third-order valence-corrected chi connectivity index (χ3v) is 2.67. The van der Waals surface area contributed by atoms with Crippen molar-refractivity contribution < 1.29 is 4.74 Å². The van der Waals surface area contributed by atoms with E-state index in [2.05, 4.69) is 14.9 Å². The van der Waals surface area contributed by atoms with Crippen molar-refractivity contribution in [1.82, 2.24) is 9.97 Å². The van der Waals surface area contributed by atoms with Gasteiger partial charge in [-0.25, -0.2) is 4.98 Å². The van der Waals surface area contributed by atoms with Crippen LogP contribution in [0.5, 0.6) is 0 Å². The highest BCUT2D eigenvalue weighted by atomic mass is 16.5. The monoisotopic (exact) mass is 208 g/mol. The van der Waals surface area contributed by atoms with Gasteiger partial charge in [-0.2, -0.15) is 4.98 Å². The molecular formula is C10H16N4O. The fraction of sp³-hybridized carbons (Fsp3) is 0.600. The lowest BCUT2D eigenvalue weighted by Crippen LogP contribution is -2.22. The van der Waals surface area contributed by atoms with Crippen molar-refractivity contribution in [3.63, 3.8) is 0 Å². The van der Waals surface area contributed by atoms with Crippen LogP contribution >= 0.6 is 0 Å². The Morgan fingerprint density at radius 3 is 3.27 bits per heavy atom. The van der Waals surface area contributed by atoms with E-state index in [9.17, 15) is 0 Å². The van der Waals surface area contributed by atoms with Gasteiger partial charge in [0.2, 0.25) is 5.95 Å². The quantitative estimate of drug-likeness (QED) is 0.785. The van der Waals surface area contributed by atoms with Crippen LogP contribution in [0.25, 0.3) is 0 Å². The van der Waals surface area contributed by atoms with Crippen LogP contribution in [0.15, 0.2) is 12.3 Å². The minimum Gasteiger partial charge on any atom is -0.384 e. The molecule has 0 amide bonds. The van der Waals surface area contributed by atoms with E-state index in [0.29, 0.717) is 11.9 Å². The molecule has 2 rings (SSSR count). The molecule has 0 aliphatic carbocycles. The van der Waals surface area contributed by atoms with Gasteiger partial charge < -0.3 is 15.4 Å². The maximum absolute atomic E-state index is 5.55. The van der Waals surface area contributed by atoms with Crippen LogP contribution in [0.4, 0.5) is 11.8 Å². The van der Waals surface area contributed by atoms with E-state index in [1.807, 2.05) is 6.07 Å². The van der Waals surface area contributed by atoms with Crippen LogP contribution in [-0.4, -0.2) is 36.8 Å². The number of nitrogen functional groups attached to an aromatic ring is 1. The smallest absolute Gasteiger partial charge is 0.221 e. The zero-order valence-corrected chi connectivity index (χ0v) is 8.89. The Bertz CT molecular complexity index is 331. The molecule has 1 unspecified atom stereocenters. The van der Waals surface area contributed by atoms with Gasteiger partial charge in [0.25, 0.3) is 0 Å². The predicted molar refractivity (Wildman–Crippen MR) is 58.6 cm³/mol. The second kappa shape index (κ2) is 4.44. The summed E-state index contributed by atoms with van der Waals surface area (Å²) in [5.74, 6) is 1.86. The number of methoxy groups -OCH3 is 1. The number of hydrogen-bond acceptors (Lipinski definition) is 5. The number of rotatable bonds is 3. The number of ether oxygens (including phenoxy) is 1. The van der Waals surface area contributed by atoms with Crippen LogP contribution < -0.4 is 10.6 Å².